The fourth-order valence-electron chi connectivity index (χ4n) is 4.11. The number of aryl methyl sites for hydroxylation is 1. The Morgan fingerprint density at radius 3 is 2.77 bits per heavy atom. The molecule has 1 aromatic rings. The highest BCUT2D eigenvalue weighted by molar-refractivity contribution is 5.76. The minimum absolute atomic E-state index is 0.0218. The Morgan fingerprint density at radius 1 is 1.23 bits per heavy atom. The Hall–Kier alpha value is -2.23. The van der Waals surface area contributed by atoms with Crippen molar-refractivity contribution in [2.75, 3.05) is 32.8 Å². The number of esters is 1. The molecule has 3 rings (SSSR count). The molecule has 1 saturated heterocycles. The van der Waals surface area contributed by atoms with Crippen molar-refractivity contribution in [3.8, 4) is 0 Å². The number of carbonyl (C=O) groups is 2. The Labute approximate surface area is 190 Å². The smallest absolute Gasteiger partial charge is 0.409 e. The van der Waals surface area contributed by atoms with Crippen LogP contribution in [0.2, 0.25) is 0 Å². The van der Waals surface area contributed by atoms with E-state index in [1.54, 1.807) is 0 Å². The van der Waals surface area contributed by atoms with E-state index in [0.717, 1.165) is 0 Å². The molecule has 0 bridgehead atoms. The second-order valence-corrected chi connectivity index (χ2v) is 7.89. The van der Waals surface area contributed by atoms with Crippen molar-refractivity contribution in [3.63, 3.8) is 0 Å². The van der Waals surface area contributed by atoms with Gasteiger partial charge in [-0.05, 0) is 63.8 Å². The van der Waals surface area contributed by atoms with Crippen molar-refractivity contribution in [3.05, 3.63) is 5.82 Å². The van der Waals surface area contributed by atoms with Crippen molar-refractivity contribution >= 4 is 12.1 Å². The summed E-state index contributed by atoms with van der Waals surface area (Å²) in [6, 6.07) is -1.96. The molecule has 0 unspecified atom stereocenters. The largest absolute Gasteiger partial charge is 0.464 e. The van der Waals surface area contributed by atoms with Gasteiger partial charge < -0.3 is 19.7 Å². The minimum Gasteiger partial charge on any atom is -0.464 e. The number of ether oxygens (including phenoxy) is 2. The quantitative estimate of drug-likeness (QED) is 0.417. The number of hydrogen-bond acceptors (Lipinski definition) is 8. The summed E-state index contributed by atoms with van der Waals surface area (Å²) >= 11 is 0. The van der Waals surface area contributed by atoms with Crippen molar-refractivity contribution in [2.45, 2.75) is 64.8 Å². The van der Waals surface area contributed by atoms with Crippen LogP contribution in [0.4, 0.5) is 4.79 Å². The molecule has 2 fully saturated rings. The van der Waals surface area contributed by atoms with Gasteiger partial charge in [0, 0.05) is 31.4 Å². The molecule has 0 radical (unpaired) electrons. The molecule has 2 N–H and O–H groups in total. The maximum atomic E-state index is 12.8. The van der Waals surface area contributed by atoms with Gasteiger partial charge in [-0.25, -0.2) is 4.79 Å². The number of aromatic amines is 1. The maximum absolute atomic E-state index is 12.8. The fraction of sp³-hybridized carbons (Fsp3) is 0.857. The molecule has 1 aromatic heterocycles. The Morgan fingerprint density at radius 2 is 2.03 bits per heavy atom. The topological polar surface area (TPSA) is 122 Å². The third-order valence-electron chi connectivity index (χ3n) is 5.88. The Kier molecular flexibility index (Phi) is 6.70. The number of carbonyl (C=O) groups excluding carboxylic acids is 2. The molecular weight excluding hydrogens is 400 g/mol. The summed E-state index contributed by atoms with van der Waals surface area (Å²) in [5.41, 5.74) is 0. The molecule has 2 heterocycles. The standard InChI is InChI=1S/C21H36N6O4/c1-3-27(4-2)21(29)31-11-5-10-30-20(28)18-13-17-12-15(6-8-16(17)14-22-18)7-9-19-23-25-26-24-19/h15-18,22H,3-14H2,1-2H3,(H,23,24,25,26)/t15-,16+,17-,18+/m1/s1/i9D2,14D2,18D. The number of piperidine rings is 1. The van der Waals surface area contributed by atoms with Gasteiger partial charge in [0.05, 0.1) is 14.6 Å². The van der Waals surface area contributed by atoms with Crippen LogP contribution < -0.4 is 5.32 Å². The van der Waals surface area contributed by atoms with Gasteiger partial charge in [0.1, 0.15) is 6.02 Å². The third-order valence-corrected chi connectivity index (χ3v) is 5.88. The fourth-order valence-corrected chi connectivity index (χ4v) is 4.11. The van der Waals surface area contributed by atoms with Gasteiger partial charge >= 0.3 is 12.1 Å². The number of hydrogen-bond donors (Lipinski definition) is 2. The number of tetrazole rings is 1. The number of fused-ring (bicyclic) bond motifs is 1. The summed E-state index contributed by atoms with van der Waals surface area (Å²) in [7, 11) is 0. The van der Waals surface area contributed by atoms with Crippen LogP contribution in [-0.2, 0) is 20.6 Å². The van der Waals surface area contributed by atoms with Crippen LogP contribution in [0.1, 0.15) is 65.1 Å². The zero-order valence-corrected chi connectivity index (χ0v) is 18.2. The molecule has 10 nitrogen and oxygen atoms in total. The van der Waals surface area contributed by atoms with Crippen LogP contribution in [-0.4, -0.2) is 76.4 Å². The molecule has 2 aliphatic rings. The third kappa shape index (κ3) is 6.88. The van der Waals surface area contributed by atoms with Gasteiger partial charge in [0.25, 0.3) is 0 Å². The first-order valence-electron chi connectivity index (χ1n) is 13.5. The molecule has 0 spiro atoms. The van der Waals surface area contributed by atoms with E-state index >= 15 is 0 Å². The van der Waals surface area contributed by atoms with E-state index in [1.807, 2.05) is 13.8 Å². The zero-order valence-electron chi connectivity index (χ0n) is 23.2. The van der Waals surface area contributed by atoms with Gasteiger partial charge in [-0.1, -0.05) is 11.6 Å². The number of H-pyrrole nitrogens is 1. The Bertz CT molecular complexity index is 888. The van der Waals surface area contributed by atoms with Gasteiger partial charge in [0.2, 0.25) is 0 Å². The zero-order chi connectivity index (χ0) is 26.6. The van der Waals surface area contributed by atoms with E-state index in [0.29, 0.717) is 32.4 Å². The van der Waals surface area contributed by atoms with Gasteiger partial charge in [0.15, 0.2) is 5.82 Å². The highest BCUT2D eigenvalue weighted by Gasteiger charge is 2.38. The first-order valence-corrected chi connectivity index (χ1v) is 11.0. The first-order chi connectivity index (χ1) is 16.9. The average molecular weight is 442 g/mol. The first kappa shape index (κ1) is 17.3. The predicted molar refractivity (Wildman–Crippen MR) is 113 cm³/mol. The highest BCUT2D eigenvalue weighted by Crippen LogP contribution is 2.40. The molecule has 1 aliphatic heterocycles. The Balaban J connectivity index is 1.54. The average Bonchev–Trinajstić information content (AvgIpc) is 3.34. The van der Waals surface area contributed by atoms with E-state index in [1.165, 1.54) is 4.90 Å². The number of amides is 1. The molecule has 1 amide bonds. The van der Waals surface area contributed by atoms with Crippen LogP contribution in [0.15, 0.2) is 0 Å². The molecule has 10 heteroatoms. The molecule has 4 atom stereocenters. The number of aromatic nitrogens is 4. The van der Waals surface area contributed by atoms with Crippen molar-refractivity contribution < 1.29 is 25.9 Å². The van der Waals surface area contributed by atoms with Gasteiger partial charge in [-0.15, -0.1) is 10.2 Å². The lowest BCUT2D eigenvalue weighted by Gasteiger charge is -2.42. The summed E-state index contributed by atoms with van der Waals surface area (Å²) < 4.78 is 52.7. The predicted octanol–water partition coefficient (Wildman–Crippen LogP) is 1.94. The van der Waals surface area contributed by atoms with E-state index in [-0.39, 0.29) is 50.1 Å². The minimum atomic E-state index is -1.96. The summed E-state index contributed by atoms with van der Waals surface area (Å²) in [5, 5.41) is 15.8. The lowest BCUT2D eigenvalue weighted by Crippen LogP contribution is -2.50. The van der Waals surface area contributed by atoms with E-state index in [4.69, 9.17) is 16.3 Å². The molecular formula is C21H36N6O4. The molecule has 1 aliphatic carbocycles. The van der Waals surface area contributed by atoms with E-state index in [9.17, 15) is 9.59 Å². The lowest BCUT2D eigenvalue weighted by atomic mass is 9.69. The molecule has 174 valence electrons. The maximum Gasteiger partial charge on any atom is 0.409 e. The van der Waals surface area contributed by atoms with Gasteiger partial charge in [-0.2, -0.15) is 5.21 Å². The normalized spacial score (nSPS) is 32.3. The van der Waals surface area contributed by atoms with Crippen LogP contribution in [0, 0.1) is 17.8 Å². The number of rotatable bonds is 10. The second kappa shape index (κ2) is 12.0. The van der Waals surface area contributed by atoms with Crippen LogP contribution in [0.3, 0.4) is 0 Å². The highest BCUT2D eigenvalue weighted by atomic mass is 16.6. The summed E-state index contributed by atoms with van der Waals surface area (Å²) in [4.78, 5) is 26.2. The van der Waals surface area contributed by atoms with Crippen LogP contribution in [0.5, 0.6) is 0 Å². The van der Waals surface area contributed by atoms with E-state index < -0.39 is 36.9 Å². The SMILES string of the molecule is [2H]C([2H])(C[C@H]1CC[C@@H]2[C@H](C1)C[C@@]([2H])(C(=O)OCCCOC(=O)N(CC)CC)NC2([2H])[2H])c1nn[nH]n1. The second-order valence-electron chi connectivity index (χ2n) is 7.89. The lowest BCUT2D eigenvalue weighted by molar-refractivity contribution is -0.148. The summed E-state index contributed by atoms with van der Waals surface area (Å²) in [6.45, 7) is 2.82. The molecule has 1 saturated carbocycles. The number of nitrogens with one attached hydrogen (secondary N) is 2. The van der Waals surface area contributed by atoms with Crippen LogP contribution in [0.25, 0.3) is 0 Å². The molecule has 31 heavy (non-hydrogen) atoms. The van der Waals surface area contributed by atoms with Crippen molar-refractivity contribution in [1.82, 2.24) is 30.8 Å². The van der Waals surface area contributed by atoms with Crippen LogP contribution >= 0.6 is 0 Å². The van der Waals surface area contributed by atoms with E-state index in [2.05, 4.69) is 25.9 Å². The molecule has 0 aromatic carbocycles. The van der Waals surface area contributed by atoms with Gasteiger partial charge in [-0.3, -0.25) is 4.79 Å². The van der Waals surface area contributed by atoms with Crippen molar-refractivity contribution in [1.29, 1.82) is 0 Å². The monoisotopic (exact) mass is 441 g/mol. The summed E-state index contributed by atoms with van der Waals surface area (Å²) in [5.74, 6) is -1.65. The van der Waals surface area contributed by atoms with Crippen molar-refractivity contribution in [2.24, 2.45) is 17.8 Å². The number of nitrogens with zero attached hydrogens (tertiary/aromatic N) is 4. The summed E-state index contributed by atoms with van der Waals surface area (Å²) in [6.07, 6.45) is -0.126.